The van der Waals surface area contributed by atoms with Gasteiger partial charge in [-0.25, -0.2) is 4.79 Å². The molecule has 1 aromatic rings. The van der Waals surface area contributed by atoms with Crippen LogP contribution in [0.3, 0.4) is 0 Å². The molecule has 0 radical (unpaired) electrons. The Morgan fingerprint density at radius 1 is 1.17 bits per heavy atom. The predicted octanol–water partition coefficient (Wildman–Crippen LogP) is 5.37. The molecule has 0 bridgehead atoms. The Balaban J connectivity index is 1.52. The van der Waals surface area contributed by atoms with Crippen LogP contribution in [0.1, 0.15) is 80.9 Å². The molecule has 2 N–H and O–H groups in total. The molecule has 2 aliphatic rings. The molecule has 2 saturated carbocycles. The minimum absolute atomic E-state index is 0.261. The molecule has 2 aliphatic carbocycles. The van der Waals surface area contributed by atoms with Gasteiger partial charge < -0.3 is 10.5 Å². The summed E-state index contributed by atoms with van der Waals surface area (Å²) < 4.78 is 5.05. The monoisotopic (exact) mass is 396 g/mol. The Morgan fingerprint density at radius 3 is 2.66 bits per heavy atom. The van der Waals surface area contributed by atoms with Crippen molar-refractivity contribution in [2.24, 2.45) is 16.6 Å². The van der Waals surface area contributed by atoms with Crippen molar-refractivity contribution in [3.05, 3.63) is 46.2 Å². The van der Waals surface area contributed by atoms with Gasteiger partial charge in [0.15, 0.2) is 0 Å². The van der Waals surface area contributed by atoms with Crippen LogP contribution in [-0.4, -0.2) is 24.8 Å². The average molecular weight is 397 g/mol. The first-order valence-electron chi connectivity index (χ1n) is 11.3. The fraction of sp³-hybridized carbons (Fsp3) is 0.600. The predicted molar refractivity (Wildman–Crippen MR) is 119 cm³/mol. The molecule has 1 aromatic carbocycles. The third kappa shape index (κ3) is 5.29. The van der Waals surface area contributed by atoms with Gasteiger partial charge in [-0.3, -0.25) is 4.99 Å². The number of carbonyl (C=O) groups excluding carboxylic acids is 1. The van der Waals surface area contributed by atoms with E-state index < -0.39 is 5.97 Å². The van der Waals surface area contributed by atoms with Crippen LogP contribution in [0.2, 0.25) is 0 Å². The highest BCUT2D eigenvalue weighted by Crippen LogP contribution is 2.38. The number of carbonyl (C=O) groups is 1. The number of nitrogens with two attached hydrogens (primary N) is 1. The van der Waals surface area contributed by atoms with Gasteiger partial charge in [0.05, 0.1) is 6.61 Å². The topological polar surface area (TPSA) is 64.7 Å². The molecule has 3 rings (SSSR count). The highest BCUT2D eigenvalue weighted by Gasteiger charge is 2.25. The zero-order chi connectivity index (χ0) is 20.8. The summed E-state index contributed by atoms with van der Waals surface area (Å²) in [7, 11) is 0. The zero-order valence-corrected chi connectivity index (χ0v) is 18.3. The fourth-order valence-electron chi connectivity index (χ4n) is 4.88. The number of hydrogen-bond acceptors (Lipinski definition) is 4. The third-order valence-corrected chi connectivity index (χ3v) is 6.78. The minimum Gasteiger partial charge on any atom is -0.461 e. The highest BCUT2D eigenvalue weighted by atomic mass is 16.5. The molecule has 29 heavy (non-hydrogen) atoms. The van der Waals surface area contributed by atoms with Crippen LogP contribution in [0.25, 0.3) is 0 Å². The lowest BCUT2D eigenvalue weighted by Crippen LogP contribution is -2.19. The van der Waals surface area contributed by atoms with Crippen molar-refractivity contribution in [3.63, 3.8) is 0 Å². The van der Waals surface area contributed by atoms with Crippen molar-refractivity contribution < 1.29 is 9.53 Å². The Hall–Kier alpha value is -2.10. The molecule has 0 atom stereocenters. The zero-order valence-electron chi connectivity index (χ0n) is 18.3. The van der Waals surface area contributed by atoms with Gasteiger partial charge in [0.25, 0.3) is 0 Å². The van der Waals surface area contributed by atoms with Gasteiger partial charge in [0.1, 0.15) is 5.70 Å². The number of esters is 1. The average Bonchev–Trinajstić information content (AvgIpc) is 3.19. The molecule has 4 nitrogen and oxygen atoms in total. The molecule has 158 valence electrons. The summed E-state index contributed by atoms with van der Waals surface area (Å²) in [6.45, 7) is 7.47. The van der Waals surface area contributed by atoms with Crippen LogP contribution in [-0.2, 0) is 9.53 Å². The van der Waals surface area contributed by atoms with Gasteiger partial charge in [-0.1, -0.05) is 18.2 Å². The molecule has 0 aliphatic heterocycles. The lowest BCUT2D eigenvalue weighted by molar-refractivity contribution is -0.138. The van der Waals surface area contributed by atoms with Crippen LogP contribution < -0.4 is 5.73 Å². The largest absolute Gasteiger partial charge is 0.461 e. The maximum absolute atomic E-state index is 11.9. The van der Waals surface area contributed by atoms with Gasteiger partial charge in [-0.15, -0.1) is 0 Å². The van der Waals surface area contributed by atoms with E-state index in [-0.39, 0.29) is 5.70 Å². The lowest BCUT2D eigenvalue weighted by Gasteiger charge is -2.29. The first-order chi connectivity index (χ1) is 14.0. The summed E-state index contributed by atoms with van der Waals surface area (Å²) in [6, 6.07) is 6.74. The molecule has 0 amide bonds. The van der Waals surface area contributed by atoms with Crippen molar-refractivity contribution in [3.8, 4) is 0 Å². The maximum Gasteiger partial charge on any atom is 0.354 e. The number of aryl methyl sites for hydroxylation is 1. The van der Waals surface area contributed by atoms with Crippen molar-refractivity contribution >= 4 is 11.7 Å². The summed E-state index contributed by atoms with van der Waals surface area (Å²) in [5, 5.41) is 0. The van der Waals surface area contributed by atoms with E-state index in [9.17, 15) is 4.79 Å². The molecule has 0 heterocycles. The lowest BCUT2D eigenvalue weighted by atomic mass is 9.76. The summed E-state index contributed by atoms with van der Waals surface area (Å²) in [6.07, 6.45) is 9.07. The Morgan fingerprint density at radius 2 is 1.93 bits per heavy atom. The summed E-state index contributed by atoms with van der Waals surface area (Å²) >= 11 is 0. The van der Waals surface area contributed by atoms with Crippen LogP contribution in [0.5, 0.6) is 0 Å². The van der Waals surface area contributed by atoms with Crippen LogP contribution in [0.15, 0.2) is 34.5 Å². The van der Waals surface area contributed by atoms with Crippen LogP contribution in [0, 0.1) is 19.8 Å². The van der Waals surface area contributed by atoms with Gasteiger partial charge >= 0.3 is 5.97 Å². The van der Waals surface area contributed by atoms with Gasteiger partial charge in [0.2, 0.25) is 0 Å². The number of hydrogen-bond donors (Lipinski definition) is 1. The number of rotatable bonds is 6. The van der Waals surface area contributed by atoms with Crippen LogP contribution in [0.4, 0.5) is 0 Å². The summed E-state index contributed by atoms with van der Waals surface area (Å²) in [4.78, 5) is 16.8. The number of allylic oxidation sites excluding steroid dienone is 1. The van der Waals surface area contributed by atoms with E-state index in [0.717, 1.165) is 49.4 Å². The van der Waals surface area contributed by atoms with Crippen LogP contribution >= 0.6 is 0 Å². The molecule has 0 saturated heterocycles. The standard InChI is InChI=1S/C25H36N2O2/c1-4-29-25(28)24(26)22-9-6-10-23(22)27-16-15-19-11-13-20(14-12-19)21-8-5-7-17(2)18(21)3/h5,7-8,19-20H,4,6,9-16,26H2,1-3H3/b24-22-,27-23?. The SMILES string of the molecule is CCOC(=O)/C(N)=C1\CCCC1=NCCC1CCC(c2cccc(C)c2C)CC1. The number of aliphatic imine (C=N–C) groups is 1. The Bertz CT molecular complexity index is 786. The molecule has 0 spiro atoms. The van der Waals surface area contributed by atoms with Crippen molar-refractivity contribution in [2.75, 3.05) is 13.2 Å². The molecule has 0 unspecified atom stereocenters. The van der Waals surface area contributed by atoms with E-state index in [1.807, 2.05) is 0 Å². The highest BCUT2D eigenvalue weighted by molar-refractivity contribution is 6.07. The third-order valence-electron chi connectivity index (χ3n) is 6.78. The molecule has 4 heteroatoms. The van der Waals surface area contributed by atoms with E-state index in [1.54, 1.807) is 12.5 Å². The molecule has 2 fully saturated rings. The molecular formula is C25H36N2O2. The maximum atomic E-state index is 11.9. The minimum atomic E-state index is -0.401. The second-order valence-electron chi connectivity index (χ2n) is 8.59. The van der Waals surface area contributed by atoms with Gasteiger partial charge in [0, 0.05) is 17.8 Å². The van der Waals surface area contributed by atoms with E-state index in [2.05, 4.69) is 32.0 Å². The number of ether oxygens (including phenoxy) is 1. The van der Waals surface area contributed by atoms with E-state index in [1.165, 1.54) is 36.8 Å². The Kier molecular flexibility index (Phi) is 7.51. The van der Waals surface area contributed by atoms with E-state index in [4.69, 9.17) is 15.5 Å². The second-order valence-corrected chi connectivity index (χ2v) is 8.59. The smallest absolute Gasteiger partial charge is 0.354 e. The van der Waals surface area contributed by atoms with Gasteiger partial charge in [-0.05, 0) is 101 Å². The van der Waals surface area contributed by atoms with E-state index >= 15 is 0 Å². The first kappa shape index (κ1) is 21.6. The summed E-state index contributed by atoms with van der Waals surface area (Å²) in [5.74, 6) is 1.07. The molecular weight excluding hydrogens is 360 g/mol. The van der Waals surface area contributed by atoms with Crippen molar-refractivity contribution in [2.45, 2.75) is 78.1 Å². The first-order valence-corrected chi connectivity index (χ1v) is 11.3. The Labute approximate surface area is 175 Å². The fourth-order valence-corrected chi connectivity index (χ4v) is 4.88. The quantitative estimate of drug-likeness (QED) is 0.519. The number of nitrogens with zero attached hydrogens (tertiary/aromatic N) is 1. The normalized spacial score (nSPS) is 25.3. The summed E-state index contributed by atoms with van der Waals surface area (Å²) in [5.41, 5.74) is 12.7. The second kappa shape index (κ2) is 10.1. The van der Waals surface area contributed by atoms with Gasteiger partial charge in [-0.2, -0.15) is 0 Å². The van der Waals surface area contributed by atoms with Crippen molar-refractivity contribution in [1.82, 2.24) is 0 Å². The molecule has 0 aromatic heterocycles. The van der Waals surface area contributed by atoms with Crippen molar-refractivity contribution in [1.29, 1.82) is 0 Å². The number of benzene rings is 1. The van der Waals surface area contributed by atoms with E-state index in [0.29, 0.717) is 12.5 Å².